The smallest absolute Gasteiger partial charge is 0.123 e. The highest BCUT2D eigenvalue weighted by atomic mass is 19.1. The molecule has 15 heavy (non-hydrogen) atoms. The zero-order valence-electron chi connectivity index (χ0n) is 8.78. The van der Waals surface area contributed by atoms with E-state index in [0.717, 1.165) is 18.4 Å². The molecule has 0 saturated heterocycles. The summed E-state index contributed by atoms with van der Waals surface area (Å²) in [6, 6.07) is 7.15. The predicted molar refractivity (Wildman–Crippen MR) is 57.0 cm³/mol. The Bertz CT molecular complexity index is 319. The van der Waals surface area contributed by atoms with Crippen LogP contribution < -0.4 is 5.32 Å². The topological polar surface area (TPSA) is 32.3 Å². The molecule has 1 aromatic rings. The SMILES string of the molecule is CC(NC1CC(O)C1)c1ccc(F)cc1. The van der Waals surface area contributed by atoms with Crippen molar-refractivity contribution in [3.63, 3.8) is 0 Å². The maximum Gasteiger partial charge on any atom is 0.123 e. The lowest BCUT2D eigenvalue weighted by atomic mass is 9.88. The molecule has 3 heteroatoms. The molecule has 1 saturated carbocycles. The van der Waals surface area contributed by atoms with Crippen LogP contribution in [0.3, 0.4) is 0 Å². The lowest BCUT2D eigenvalue weighted by Crippen LogP contribution is -2.45. The van der Waals surface area contributed by atoms with Crippen molar-refractivity contribution in [2.45, 2.75) is 38.0 Å². The molecule has 0 radical (unpaired) electrons. The highest BCUT2D eigenvalue weighted by Gasteiger charge is 2.27. The summed E-state index contributed by atoms with van der Waals surface area (Å²) in [5.41, 5.74) is 1.08. The molecule has 1 aromatic carbocycles. The second-order valence-corrected chi connectivity index (χ2v) is 4.26. The van der Waals surface area contributed by atoms with E-state index in [4.69, 9.17) is 5.11 Å². The predicted octanol–water partition coefficient (Wildman–Crippen LogP) is 2.00. The molecule has 0 heterocycles. The average Bonchev–Trinajstić information content (AvgIpc) is 2.16. The summed E-state index contributed by atoms with van der Waals surface area (Å²) in [5, 5.41) is 12.5. The molecular weight excluding hydrogens is 193 g/mol. The van der Waals surface area contributed by atoms with E-state index in [0.29, 0.717) is 6.04 Å². The highest BCUT2D eigenvalue weighted by Crippen LogP contribution is 2.23. The van der Waals surface area contributed by atoms with Crippen molar-refractivity contribution in [3.05, 3.63) is 35.6 Å². The number of aliphatic hydroxyl groups is 1. The summed E-state index contributed by atoms with van der Waals surface area (Å²) < 4.78 is 12.7. The van der Waals surface area contributed by atoms with Crippen LogP contribution >= 0.6 is 0 Å². The fraction of sp³-hybridized carbons (Fsp3) is 0.500. The Morgan fingerprint density at radius 1 is 1.33 bits per heavy atom. The summed E-state index contributed by atoms with van der Waals surface area (Å²) in [6.07, 6.45) is 1.51. The minimum absolute atomic E-state index is 0.136. The lowest BCUT2D eigenvalue weighted by Gasteiger charge is -2.34. The molecule has 82 valence electrons. The number of benzene rings is 1. The number of halogens is 1. The van der Waals surface area contributed by atoms with Crippen LogP contribution in [0, 0.1) is 5.82 Å². The molecule has 0 spiro atoms. The molecule has 2 N–H and O–H groups in total. The van der Waals surface area contributed by atoms with Crippen molar-refractivity contribution >= 4 is 0 Å². The molecule has 0 aromatic heterocycles. The van der Waals surface area contributed by atoms with Gasteiger partial charge in [0.25, 0.3) is 0 Å². The van der Waals surface area contributed by atoms with E-state index in [2.05, 4.69) is 12.2 Å². The fourth-order valence-electron chi connectivity index (χ4n) is 1.93. The number of rotatable bonds is 3. The van der Waals surface area contributed by atoms with Crippen LogP contribution in [0.2, 0.25) is 0 Å². The molecule has 1 fully saturated rings. The van der Waals surface area contributed by atoms with Gasteiger partial charge in [-0.25, -0.2) is 4.39 Å². The van der Waals surface area contributed by atoms with Crippen LogP contribution in [0.1, 0.15) is 31.4 Å². The van der Waals surface area contributed by atoms with E-state index in [9.17, 15) is 4.39 Å². The third-order valence-corrected chi connectivity index (χ3v) is 2.97. The molecule has 1 unspecified atom stereocenters. The maximum atomic E-state index is 12.7. The molecular formula is C12H16FNO. The van der Waals surface area contributed by atoms with E-state index in [1.165, 1.54) is 12.1 Å². The van der Waals surface area contributed by atoms with Crippen LogP contribution in [0.25, 0.3) is 0 Å². The van der Waals surface area contributed by atoms with Crippen LogP contribution in [0.5, 0.6) is 0 Å². The first kappa shape index (κ1) is 10.6. The van der Waals surface area contributed by atoms with Crippen molar-refractivity contribution in [3.8, 4) is 0 Å². The van der Waals surface area contributed by atoms with Gasteiger partial charge in [-0.1, -0.05) is 12.1 Å². The van der Waals surface area contributed by atoms with Crippen molar-refractivity contribution in [2.24, 2.45) is 0 Å². The zero-order valence-corrected chi connectivity index (χ0v) is 8.78. The Hall–Kier alpha value is -0.930. The van der Waals surface area contributed by atoms with Crippen LogP contribution in [-0.4, -0.2) is 17.3 Å². The Kier molecular flexibility index (Phi) is 3.03. The summed E-state index contributed by atoms with van der Waals surface area (Å²) in [4.78, 5) is 0. The second kappa shape index (κ2) is 4.29. The van der Waals surface area contributed by atoms with E-state index in [-0.39, 0.29) is 18.0 Å². The molecule has 0 bridgehead atoms. The number of aliphatic hydroxyl groups excluding tert-OH is 1. The average molecular weight is 209 g/mol. The van der Waals surface area contributed by atoms with Gasteiger partial charge < -0.3 is 10.4 Å². The van der Waals surface area contributed by atoms with Gasteiger partial charge in [-0.3, -0.25) is 0 Å². The standard InChI is InChI=1S/C12H16FNO/c1-8(14-11-6-12(15)7-11)9-2-4-10(13)5-3-9/h2-5,8,11-12,14-15H,6-7H2,1H3. The monoisotopic (exact) mass is 209 g/mol. The minimum atomic E-state index is -0.204. The van der Waals surface area contributed by atoms with Crippen molar-refractivity contribution in [2.75, 3.05) is 0 Å². The molecule has 0 aliphatic heterocycles. The van der Waals surface area contributed by atoms with Gasteiger partial charge in [0.2, 0.25) is 0 Å². The molecule has 1 atom stereocenters. The highest BCUT2D eigenvalue weighted by molar-refractivity contribution is 5.19. The number of nitrogens with one attached hydrogen (secondary N) is 1. The maximum absolute atomic E-state index is 12.7. The minimum Gasteiger partial charge on any atom is -0.393 e. The van der Waals surface area contributed by atoms with E-state index in [1.807, 2.05) is 0 Å². The van der Waals surface area contributed by atoms with Crippen molar-refractivity contribution in [1.29, 1.82) is 0 Å². The van der Waals surface area contributed by atoms with Gasteiger partial charge in [-0.05, 0) is 37.5 Å². The molecule has 1 aliphatic rings. The Morgan fingerprint density at radius 3 is 2.47 bits per heavy atom. The van der Waals surface area contributed by atoms with Crippen molar-refractivity contribution in [1.82, 2.24) is 5.32 Å². The quantitative estimate of drug-likeness (QED) is 0.798. The molecule has 0 amide bonds. The number of hydrogen-bond acceptors (Lipinski definition) is 2. The van der Waals surface area contributed by atoms with Gasteiger partial charge in [0.05, 0.1) is 6.10 Å². The zero-order chi connectivity index (χ0) is 10.8. The normalized spacial score (nSPS) is 27.1. The Morgan fingerprint density at radius 2 is 1.93 bits per heavy atom. The Labute approximate surface area is 89.1 Å². The van der Waals surface area contributed by atoms with Gasteiger partial charge in [0, 0.05) is 12.1 Å². The van der Waals surface area contributed by atoms with Gasteiger partial charge >= 0.3 is 0 Å². The van der Waals surface area contributed by atoms with E-state index < -0.39 is 0 Å². The van der Waals surface area contributed by atoms with E-state index >= 15 is 0 Å². The second-order valence-electron chi connectivity index (χ2n) is 4.26. The largest absolute Gasteiger partial charge is 0.393 e. The van der Waals surface area contributed by atoms with Crippen LogP contribution in [0.4, 0.5) is 4.39 Å². The van der Waals surface area contributed by atoms with Gasteiger partial charge in [-0.15, -0.1) is 0 Å². The fourth-order valence-corrected chi connectivity index (χ4v) is 1.93. The number of hydrogen-bond donors (Lipinski definition) is 2. The third kappa shape index (κ3) is 2.55. The molecule has 1 aliphatic carbocycles. The lowest BCUT2D eigenvalue weighted by molar-refractivity contribution is 0.0586. The van der Waals surface area contributed by atoms with Crippen LogP contribution in [-0.2, 0) is 0 Å². The third-order valence-electron chi connectivity index (χ3n) is 2.97. The summed E-state index contributed by atoms with van der Waals surface area (Å²) in [6.45, 7) is 2.05. The van der Waals surface area contributed by atoms with Gasteiger partial charge in [0.15, 0.2) is 0 Å². The van der Waals surface area contributed by atoms with Crippen LogP contribution in [0.15, 0.2) is 24.3 Å². The van der Waals surface area contributed by atoms with Crippen molar-refractivity contribution < 1.29 is 9.50 Å². The van der Waals surface area contributed by atoms with E-state index in [1.54, 1.807) is 12.1 Å². The van der Waals surface area contributed by atoms with Gasteiger partial charge in [0.1, 0.15) is 5.82 Å². The molecule has 2 nitrogen and oxygen atoms in total. The summed E-state index contributed by atoms with van der Waals surface area (Å²) in [5.74, 6) is -0.204. The summed E-state index contributed by atoms with van der Waals surface area (Å²) >= 11 is 0. The van der Waals surface area contributed by atoms with Gasteiger partial charge in [-0.2, -0.15) is 0 Å². The Balaban J connectivity index is 1.90. The first-order valence-corrected chi connectivity index (χ1v) is 5.34. The molecule has 2 rings (SSSR count). The summed E-state index contributed by atoms with van der Waals surface area (Å²) in [7, 11) is 0. The first-order valence-electron chi connectivity index (χ1n) is 5.34. The first-order chi connectivity index (χ1) is 7.15.